The summed E-state index contributed by atoms with van der Waals surface area (Å²) in [6, 6.07) is 2.63. The van der Waals surface area contributed by atoms with Gasteiger partial charge in [0.1, 0.15) is 0 Å². The number of hydrogen-bond acceptors (Lipinski definition) is 3. The summed E-state index contributed by atoms with van der Waals surface area (Å²) in [5.41, 5.74) is 2.11. The number of fused-ring (bicyclic) bond motifs is 4. The molecule has 0 amide bonds. The van der Waals surface area contributed by atoms with Crippen molar-refractivity contribution in [3.8, 4) is 0 Å². The minimum absolute atomic E-state index is 0. The highest BCUT2D eigenvalue weighted by atomic mass is 35.5. The predicted molar refractivity (Wildman–Crippen MR) is 59.3 cm³/mol. The lowest BCUT2D eigenvalue weighted by molar-refractivity contribution is 0.297. The third kappa shape index (κ3) is 1.79. The number of piperidine rings is 1. The summed E-state index contributed by atoms with van der Waals surface area (Å²) in [6.07, 6.45) is 4.59. The number of nitrogens with one attached hydrogen (secondary N) is 2. The molecule has 1 aromatic heterocycles. The van der Waals surface area contributed by atoms with E-state index in [4.69, 9.17) is 0 Å². The fraction of sp³-hybridized carbons (Fsp3) is 0.600. The van der Waals surface area contributed by atoms with Crippen molar-refractivity contribution in [2.24, 2.45) is 0 Å². The van der Waals surface area contributed by atoms with E-state index in [0.29, 0.717) is 12.1 Å². The molecule has 1 fully saturated rings. The lowest BCUT2D eigenvalue weighted by Crippen LogP contribution is -2.43. The molecular formula is C10H14ClN3O. The van der Waals surface area contributed by atoms with Crippen LogP contribution >= 0.6 is 12.4 Å². The van der Waals surface area contributed by atoms with Gasteiger partial charge in [-0.05, 0) is 24.8 Å². The van der Waals surface area contributed by atoms with Gasteiger partial charge in [0, 0.05) is 24.6 Å². The fourth-order valence-electron chi connectivity index (χ4n) is 2.57. The summed E-state index contributed by atoms with van der Waals surface area (Å²) in [6.45, 7) is 0. The minimum Gasteiger partial charge on any atom is -0.307 e. The molecule has 15 heavy (non-hydrogen) atoms. The Balaban J connectivity index is 0.000000853. The Labute approximate surface area is 93.9 Å². The number of aromatic nitrogens is 2. The van der Waals surface area contributed by atoms with Gasteiger partial charge in [-0.25, -0.2) is 5.10 Å². The number of rotatable bonds is 0. The number of hydrogen-bond donors (Lipinski definition) is 2. The quantitative estimate of drug-likeness (QED) is 0.693. The van der Waals surface area contributed by atoms with Gasteiger partial charge in [-0.15, -0.1) is 12.4 Å². The average molecular weight is 228 g/mol. The summed E-state index contributed by atoms with van der Waals surface area (Å²) >= 11 is 0. The normalized spacial score (nSPS) is 27.7. The van der Waals surface area contributed by atoms with E-state index in [1.807, 2.05) is 0 Å². The van der Waals surface area contributed by atoms with E-state index in [9.17, 15) is 4.79 Å². The topological polar surface area (TPSA) is 57.8 Å². The highest BCUT2D eigenvalue weighted by Crippen LogP contribution is 2.32. The van der Waals surface area contributed by atoms with Gasteiger partial charge in [0.2, 0.25) is 0 Å². The molecule has 4 nitrogen and oxygen atoms in total. The molecule has 2 N–H and O–H groups in total. The van der Waals surface area contributed by atoms with Gasteiger partial charge in [0.05, 0.1) is 5.69 Å². The molecule has 2 unspecified atom stereocenters. The first-order valence-electron chi connectivity index (χ1n) is 5.17. The van der Waals surface area contributed by atoms with E-state index in [1.54, 1.807) is 6.07 Å². The molecule has 2 aliphatic heterocycles. The molecule has 0 radical (unpaired) electrons. The highest BCUT2D eigenvalue weighted by molar-refractivity contribution is 5.85. The number of aromatic amines is 1. The smallest absolute Gasteiger partial charge is 0.264 e. The van der Waals surface area contributed by atoms with Crippen molar-refractivity contribution in [1.29, 1.82) is 0 Å². The molecule has 2 bridgehead atoms. The Hall–Kier alpha value is -0.870. The summed E-state index contributed by atoms with van der Waals surface area (Å²) < 4.78 is 0. The molecule has 82 valence electrons. The molecule has 0 saturated carbocycles. The molecule has 2 aliphatic rings. The van der Waals surface area contributed by atoms with Crippen LogP contribution in [-0.2, 0) is 6.42 Å². The first-order valence-corrected chi connectivity index (χ1v) is 5.17. The third-order valence-corrected chi connectivity index (χ3v) is 3.22. The molecular weight excluding hydrogens is 214 g/mol. The maximum Gasteiger partial charge on any atom is 0.264 e. The Morgan fingerprint density at radius 3 is 3.13 bits per heavy atom. The third-order valence-electron chi connectivity index (χ3n) is 3.22. The Morgan fingerprint density at radius 2 is 2.27 bits per heavy atom. The summed E-state index contributed by atoms with van der Waals surface area (Å²) in [5, 5.41) is 10.2. The van der Waals surface area contributed by atoms with E-state index in [1.165, 1.54) is 12.8 Å². The molecule has 2 atom stereocenters. The van der Waals surface area contributed by atoms with Crippen molar-refractivity contribution in [2.75, 3.05) is 0 Å². The Bertz CT molecular complexity index is 417. The zero-order chi connectivity index (χ0) is 9.54. The number of halogens is 1. The van der Waals surface area contributed by atoms with Gasteiger partial charge < -0.3 is 5.32 Å². The zero-order valence-electron chi connectivity index (χ0n) is 8.32. The standard InChI is InChI=1S/C10H13N3O.ClH/c14-10-5-7-8-3-1-2-6(11-8)4-9(7)12-13-10;/h5-6,8,11H,1-4H2,(H,13,14);1H. The second-order valence-corrected chi connectivity index (χ2v) is 4.19. The van der Waals surface area contributed by atoms with Crippen LogP contribution in [0, 0.1) is 0 Å². The molecule has 5 heteroatoms. The summed E-state index contributed by atoms with van der Waals surface area (Å²) in [4.78, 5) is 11.2. The van der Waals surface area contributed by atoms with Crippen molar-refractivity contribution in [1.82, 2.24) is 15.5 Å². The highest BCUT2D eigenvalue weighted by Gasteiger charge is 2.30. The van der Waals surface area contributed by atoms with Gasteiger partial charge in [-0.1, -0.05) is 0 Å². The van der Waals surface area contributed by atoms with Crippen molar-refractivity contribution in [3.63, 3.8) is 0 Å². The first-order chi connectivity index (χ1) is 6.83. The lowest BCUT2D eigenvalue weighted by atomic mass is 9.85. The molecule has 3 heterocycles. The predicted octanol–water partition coefficient (Wildman–Crippen LogP) is 0.931. The lowest BCUT2D eigenvalue weighted by Gasteiger charge is -2.36. The maximum atomic E-state index is 11.2. The van der Waals surface area contributed by atoms with Crippen molar-refractivity contribution in [2.45, 2.75) is 37.8 Å². The van der Waals surface area contributed by atoms with Gasteiger partial charge in [-0.2, -0.15) is 5.10 Å². The maximum absolute atomic E-state index is 11.2. The van der Waals surface area contributed by atoms with Crippen LogP contribution in [0.4, 0.5) is 0 Å². The summed E-state index contributed by atoms with van der Waals surface area (Å²) in [7, 11) is 0. The Morgan fingerprint density at radius 1 is 1.40 bits per heavy atom. The van der Waals surface area contributed by atoms with Crippen LogP contribution in [0.5, 0.6) is 0 Å². The fourth-order valence-corrected chi connectivity index (χ4v) is 2.57. The van der Waals surface area contributed by atoms with Crippen LogP contribution in [0.3, 0.4) is 0 Å². The van der Waals surface area contributed by atoms with Crippen LogP contribution in [0.15, 0.2) is 10.9 Å². The largest absolute Gasteiger partial charge is 0.307 e. The summed E-state index contributed by atoms with van der Waals surface area (Å²) in [5.74, 6) is 0. The second-order valence-electron chi connectivity index (χ2n) is 4.19. The van der Waals surface area contributed by atoms with Crippen molar-refractivity contribution in [3.05, 3.63) is 27.7 Å². The Kier molecular flexibility index (Phi) is 2.80. The van der Waals surface area contributed by atoms with Crippen LogP contribution in [0.2, 0.25) is 0 Å². The molecule has 0 aromatic carbocycles. The van der Waals surface area contributed by atoms with E-state index in [0.717, 1.165) is 24.1 Å². The van der Waals surface area contributed by atoms with Crippen LogP contribution in [0.25, 0.3) is 0 Å². The minimum atomic E-state index is -0.0884. The molecule has 0 aliphatic carbocycles. The molecule has 1 saturated heterocycles. The van der Waals surface area contributed by atoms with Crippen LogP contribution in [0.1, 0.15) is 36.6 Å². The average Bonchev–Trinajstić information content (AvgIpc) is 2.20. The first kappa shape index (κ1) is 10.6. The molecule has 1 aromatic rings. The van der Waals surface area contributed by atoms with E-state index in [-0.39, 0.29) is 18.0 Å². The van der Waals surface area contributed by atoms with E-state index >= 15 is 0 Å². The van der Waals surface area contributed by atoms with Crippen LogP contribution < -0.4 is 10.9 Å². The second kappa shape index (κ2) is 3.94. The van der Waals surface area contributed by atoms with Gasteiger partial charge >= 0.3 is 0 Å². The van der Waals surface area contributed by atoms with E-state index in [2.05, 4.69) is 15.5 Å². The number of H-pyrrole nitrogens is 1. The van der Waals surface area contributed by atoms with Crippen LogP contribution in [-0.4, -0.2) is 16.2 Å². The van der Waals surface area contributed by atoms with Gasteiger partial charge in [0.25, 0.3) is 5.56 Å². The van der Waals surface area contributed by atoms with Crippen molar-refractivity contribution < 1.29 is 0 Å². The molecule has 0 spiro atoms. The molecule has 3 rings (SSSR count). The zero-order valence-corrected chi connectivity index (χ0v) is 9.14. The van der Waals surface area contributed by atoms with E-state index < -0.39 is 0 Å². The number of nitrogens with zero attached hydrogens (tertiary/aromatic N) is 1. The SMILES string of the molecule is Cl.O=c1cc2c(n[nH]1)CC1CCCC2N1. The monoisotopic (exact) mass is 227 g/mol. The van der Waals surface area contributed by atoms with Gasteiger partial charge in [0.15, 0.2) is 0 Å². The van der Waals surface area contributed by atoms with Crippen molar-refractivity contribution >= 4 is 12.4 Å². The van der Waals surface area contributed by atoms with Gasteiger partial charge in [-0.3, -0.25) is 4.79 Å².